The summed E-state index contributed by atoms with van der Waals surface area (Å²) in [7, 11) is 3.75. The van der Waals surface area contributed by atoms with Gasteiger partial charge < -0.3 is 9.47 Å². The average molecular weight is 859 g/mol. The van der Waals surface area contributed by atoms with Crippen molar-refractivity contribution in [1.82, 2.24) is 0 Å². The maximum atomic E-state index is 6.86. The van der Waals surface area contributed by atoms with Gasteiger partial charge >= 0.3 is 0 Å². The van der Waals surface area contributed by atoms with Crippen LogP contribution in [0.2, 0.25) is 0 Å². The first-order chi connectivity index (χ1) is 34.9. The molecule has 29 aromatic carbocycles. The van der Waals surface area contributed by atoms with E-state index >= 15 is 0 Å². The van der Waals surface area contributed by atoms with E-state index < -0.39 is 5.41 Å². The predicted molar refractivity (Wildman–Crippen MR) is 294 cm³/mol. The Morgan fingerprint density at radius 2 is 0.471 bits per heavy atom. The Kier molecular flexibility index (Phi) is 2.23. The summed E-state index contributed by atoms with van der Waals surface area (Å²) in [5.41, 5.74) is 7.46. The number of hydrogen-bond donors (Lipinski definition) is 0. The summed E-state index contributed by atoms with van der Waals surface area (Å²) in [5.74, 6) is 1.96. The zero-order valence-electron chi connectivity index (χ0n) is 36.1. The summed E-state index contributed by atoms with van der Waals surface area (Å²) < 4.78 is 13.0. The Morgan fingerprint density at radius 1 is 0.257 bits per heavy atom. The normalized spacial score (nSPS) is 20.6. The number of hydrogen-bond acceptors (Lipinski definition) is 2. The van der Waals surface area contributed by atoms with Gasteiger partial charge in [-0.1, -0.05) is 6.07 Å². The quantitative estimate of drug-likeness (QED) is 0.165. The van der Waals surface area contributed by atoms with Gasteiger partial charge in [0, 0.05) is 17.5 Å². The van der Waals surface area contributed by atoms with E-state index in [1.165, 1.54) is 5.56 Å². The molecule has 0 saturated carbocycles. The molecule has 29 aromatic rings. The van der Waals surface area contributed by atoms with Gasteiger partial charge in [-0.25, -0.2) is 0 Å². The fourth-order valence-corrected chi connectivity index (χ4v) is 24.7. The molecule has 0 saturated heterocycles. The second-order valence-electron chi connectivity index (χ2n) is 25.1. The van der Waals surface area contributed by atoms with Crippen molar-refractivity contribution in [3.8, 4) is 11.5 Å². The standard InChI is InChI=1S/C68H10O2/c1-69-6-3-4-7(8(5-6)70-2)68-65-61-55-41-33-25-13-10-9-11-14(13)26-28-24-18(11)20-16-12(9)15-19-17(10)23-27(25)39(41)47-45-31(23)29(19)37-35-21(15)22(16)36-38-30(20)32(24)46-48-40(28)42(34(26)33)56(55)62(65)58(48)60-52(46)50(38)54-44(36)43(35)53-49(37)51(45)59(57(47)61)66(68)63(53)64(54)67(60)68/h3-5,65H,1-2H3. The largest absolute Gasteiger partial charge is 0.497 e. The van der Waals surface area contributed by atoms with Crippen molar-refractivity contribution in [2.75, 3.05) is 14.2 Å². The Morgan fingerprint density at radius 3 is 0.714 bits per heavy atom. The van der Waals surface area contributed by atoms with Crippen molar-refractivity contribution in [1.29, 1.82) is 0 Å². The van der Waals surface area contributed by atoms with E-state index in [-0.39, 0.29) is 5.92 Å². The highest BCUT2D eigenvalue weighted by Gasteiger charge is 2.64. The zero-order chi connectivity index (χ0) is 41.8. The fraction of sp³-hybridized carbons (Fsp3) is 0.0588. The van der Waals surface area contributed by atoms with Crippen LogP contribution in [-0.2, 0) is 5.41 Å². The molecule has 0 spiro atoms. The average Bonchev–Trinajstić information content (AvgIpc) is 4.27. The van der Waals surface area contributed by atoms with Crippen LogP contribution in [0.1, 0.15) is 33.7 Å². The Bertz CT molecular complexity index is 7150. The van der Waals surface area contributed by atoms with E-state index in [0.29, 0.717) is 0 Å². The van der Waals surface area contributed by atoms with Crippen molar-refractivity contribution in [2.45, 2.75) is 11.3 Å². The molecular formula is C68H10O2. The van der Waals surface area contributed by atoms with Crippen molar-refractivity contribution in [2.24, 2.45) is 0 Å². The van der Waals surface area contributed by atoms with E-state index in [4.69, 9.17) is 9.47 Å². The lowest BCUT2D eigenvalue weighted by molar-refractivity contribution is 0.383. The van der Waals surface area contributed by atoms with Crippen LogP contribution in [-0.4, -0.2) is 14.2 Å². The Balaban J connectivity index is 1.19. The van der Waals surface area contributed by atoms with Crippen molar-refractivity contribution < 1.29 is 9.47 Å². The minimum absolute atomic E-state index is 0.125. The van der Waals surface area contributed by atoms with E-state index in [1.807, 2.05) is 14.2 Å². The third-order valence-electron chi connectivity index (χ3n) is 25.0. The first-order valence-electron chi connectivity index (χ1n) is 25.8. The summed E-state index contributed by atoms with van der Waals surface area (Å²) in [6.07, 6.45) is 0. The van der Waals surface area contributed by atoms with E-state index in [1.54, 1.807) is 313 Å². The van der Waals surface area contributed by atoms with E-state index in [9.17, 15) is 0 Å². The Hall–Kier alpha value is -8.72. The first-order valence-corrected chi connectivity index (χ1v) is 25.8. The van der Waals surface area contributed by atoms with Gasteiger partial charge in [0.05, 0.1) is 19.6 Å². The molecule has 4 aliphatic rings. The topological polar surface area (TPSA) is 18.5 Å². The molecule has 0 aliphatic heterocycles. The number of benzene rings is 19. The molecular weight excluding hydrogens is 849 g/mol. The third kappa shape index (κ3) is 1.39. The van der Waals surface area contributed by atoms with Gasteiger partial charge in [-0.2, -0.15) is 0 Å². The lowest BCUT2D eigenvalue weighted by atomic mass is 9.54. The summed E-state index contributed by atoms with van der Waals surface area (Å²) >= 11 is 0. The highest BCUT2D eigenvalue weighted by Crippen LogP contribution is 2.84. The van der Waals surface area contributed by atoms with Crippen LogP contribution in [0, 0.1) is 0 Å². The molecule has 0 heterocycles. The SMILES string of the molecule is COc1ccc(C23c4c5c6c7c8c9c(c%10c%11c2c2c4c4c%12c5c5c6c6c8c8c%13c9c9c%10c%10c%11c%11c2c2c4c4c%12c%12c5c5c6c8c6c8c%13c9c9c%10c%10c%11c2c2c4c4c%12c5c6c5c8c9c%10c2c45)C73)c(OC)c1. The maximum absolute atomic E-state index is 6.86. The van der Waals surface area contributed by atoms with Gasteiger partial charge in [0.25, 0.3) is 0 Å². The van der Waals surface area contributed by atoms with Crippen molar-refractivity contribution in [3.05, 3.63) is 46.0 Å². The highest BCUT2D eigenvalue weighted by atomic mass is 16.5. The van der Waals surface area contributed by atoms with E-state index in [2.05, 4.69) is 18.2 Å². The molecule has 2 nitrogen and oxygen atoms in total. The lowest BCUT2D eigenvalue weighted by Crippen LogP contribution is -2.38. The molecule has 2 heteroatoms. The smallest absolute Gasteiger partial charge is 0.127 e. The third-order valence-corrected chi connectivity index (χ3v) is 25.0. The molecule has 0 atom stereocenters. The number of rotatable bonds is 3. The van der Waals surface area contributed by atoms with Gasteiger partial charge in [-0.15, -0.1) is 0 Å². The van der Waals surface area contributed by atoms with Gasteiger partial charge in [0.2, 0.25) is 0 Å². The highest BCUT2D eigenvalue weighted by molar-refractivity contribution is 6.82. The van der Waals surface area contributed by atoms with Crippen molar-refractivity contribution >= 4 is 291 Å². The molecule has 0 bridgehead atoms. The van der Waals surface area contributed by atoms with Crippen LogP contribution in [0.5, 0.6) is 11.5 Å². The van der Waals surface area contributed by atoms with E-state index in [0.717, 1.165) is 11.5 Å². The first kappa shape index (κ1) is 26.1. The van der Waals surface area contributed by atoms with Crippen LogP contribution in [0.4, 0.5) is 0 Å². The molecule has 4 aliphatic carbocycles. The molecule has 0 radical (unpaired) electrons. The van der Waals surface area contributed by atoms with Gasteiger partial charge in [-0.3, -0.25) is 0 Å². The fourth-order valence-electron chi connectivity index (χ4n) is 24.7. The van der Waals surface area contributed by atoms with Crippen LogP contribution in [0.15, 0.2) is 18.2 Å². The zero-order valence-corrected chi connectivity index (χ0v) is 36.1. The minimum Gasteiger partial charge on any atom is -0.497 e. The summed E-state index contributed by atoms with van der Waals surface area (Å²) in [4.78, 5) is 0. The molecule has 33 rings (SSSR count). The Labute approximate surface area is 381 Å². The number of ether oxygens (including phenoxy) is 2. The second-order valence-corrected chi connectivity index (χ2v) is 25.1. The monoisotopic (exact) mass is 858 g/mol. The molecule has 70 heavy (non-hydrogen) atoms. The van der Waals surface area contributed by atoms with Gasteiger partial charge in [-0.05, 0) is 319 Å². The predicted octanol–water partition coefficient (Wildman–Crippen LogP) is 18.2. The van der Waals surface area contributed by atoms with Crippen LogP contribution in [0.3, 0.4) is 0 Å². The molecule has 0 unspecified atom stereocenters. The summed E-state index contributed by atoms with van der Waals surface area (Å²) in [6.45, 7) is 0. The summed E-state index contributed by atoms with van der Waals surface area (Å²) in [5, 5.41) is 88.1. The van der Waals surface area contributed by atoms with Crippen LogP contribution < -0.4 is 9.47 Å². The molecule has 0 fully saturated rings. The maximum Gasteiger partial charge on any atom is 0.127 e. The molecule has 294 valence electrons. The van der Waals surface area contributed by atoms with Crippen LogP contribution in [0.25, 0.3) is 291 Å². The minimum atomic E-state index is -0.497. The van der Waals surface area contributed by atoms with Gasteiger partial charge in [0.1, 0.15) is 11.5 Å². The molecule has 0 amide bonds. The molecule has 0 aromatic heterocycles. The van der Waals surface area contributed by atoms with Gasteiger partial charge in [0.15, 0.2) is 0 Å². The van der Waals surface area contributed by atoms with Crippen molar-refractivity contribution in [3.63, 3.8) is 0 Å². The molecule has 0 N–H and O–H groups in total. The number of methoxy groups -OCH3 is 2. The van der Waals surface area contributed by atoms with Crippen LogP contribution >= 0.6 is 0 Å². The lowest BCUT2D eigenvalue weighted by Gasteiger charge is -2.46. The second kappa shape index (κ2) is 5.98. The summed E-state index contributed by atoms with van der Waals surface area (Å²) in [6, 6.07) is 7.01.